The van der Waals surface area contributed by atoms with Crippen molar-refractivity contribution in [2.24, 2.45) is 0 Å². The molecule has 0 aromatic heterocycles. The molecule has 0 radical (unpaired) electrons. The molecule has 72 valence electrons. The molecule has 5 nitrogen and oxygen atoms in total. The molecule has 0 unspecified atom stereocenters. The minimum atomic E-state index is -0.460. The van der Waals surface area contributed by atoms with Crippen molar-refractivity contribution in [3.05, 3.63) is 30.1 Å². The van der Waals surface area contributed by atoms with Crippen LogP contribution < -0.4 is 0 Å². The molecule has 0 saturated carbocycles. The number of hydrogen-bond donors (Lipinski definition) is 1. The van der Waals surface area contributed by atoms with Gasteiger partial charge in [0, 0.05) is 18.0 Å². The predicted octanol–water partition coefficient (Wildman–Crippen LogP) is 1.01. The Kier molecular flexibility index (Phi) is 1.85. The Balaban J connectivity index is 2.59. The minimum absolute atomic E-state index is 0.341. The van der Waals surface area contributed by atoms with E-state index in [1.165, 1.54) is 19.5 Å². The highest BCUT2D eigenvalue weighted by atomic mass is 16.5. The number of rotatable bonds is 1. The zero-order valence-corrected chi connectivity index (χ0v) is 7.47. The van der Waals surface area contributed by atoms with Crippen LogP contribution in [-0.2, 0) is 4.74 Å². The van der Waals surface area contributed by atoms with Gasteiger partial charge in [-0.3, -0.25) is 0 Å². The highest BCUT2D eigenvalue weighted by Crippen LogP contribution is 2.24. The lowest BCUT2D eigenvalue weighted by atomic mass is 10.1. The predicted molar refractivity (Wildman–Crippen MR) is 47.4 cm³/mol. The normalized spacial score (nSPS) is 10.4. The Labute approximate surface area is 79.9 Å². The quantitative estimate of drug-likeness (QED) is 0.541. The second-order valence-corrected chi connectivity index (χ2v) is 2.75. The van der Waals surface area contributed by atoms with Crippen LogP contribution in [0.3, 0.4) is 0 Å². The maximum Gasteiger partial charge on any atom is 0.340 e. The summed E-state index contributed by atoms with van der Waals surface area (Å²) >= 11 is 0. The van der Waals surface area contributed by atoms with E-state index in [-0.39, 0.29) is 0 Å². The molecule has 2 aliphatic rings. The lowest BCUT2D eigenvalue weighted by Gasteiger charge is -2.03. The summed E-state index contributed by atoms with van der Waals surface area (Å²) in [5.74, 6) is -0.119. The summed E-state index contributed by atoms with van der Waals surface area (Å²) in [4.78, 5) is 15.1. The number of esters is 1. The third-order valence-corrected chi connectivity index (χ3v) is 1.96. The molecule has 0 saturated heterocycles. The van der Waals surface area contributed by atoms with Crippen LogP contribution in [0.2, 0.25) is 0 Å². The van der Waals surface area contributed by atoms with E-state index in [1.54, 1.807) is 12.1 Å². The number of carbonyl (C=O) groups excluding carboxylic acids is 1. The van der Waals surface area contributed by atoms with Gasteiger partial charge in [0.05, 0.1) is 12.7 Å². The van der Waals surface area contributed by atoms with Gasteiger partial charge in [-0.2, -0.15) is 4.73 Å². The number of carbonyl (C=O) groups is 1. The van der Waals surface area contributed by atoms with Crippen LogP contribution in [-0.4, -0.2) is 28.0 Å². The third-order valence-electron chi connectivity index (χ3n) is 1.96. The van der Waals surface area contributed by atoms with Crippen molar-refractivity contribution >= 4 is 5.97 Å². The number of nitrogens with zero attached hydrogens (tertiary/aromatic N) is 2. The van der Waals surface area contributed by atoms with E-state index in [0.717, 1.165) is 4.73 Å². The highest BCUT2D eigenvalue weighted by Gasteiger charge is 2.19. The van der Waals surface area contributed by atoms with Gasteiger partial charge in [-0.05, 0) is 12.1 Å². The van der Waals surface area contributed by atoms with Crippen LogP contribution in [0.1, 0.15) is 10.4 Å². The Morgan fingerprint density at radius 1 is 1.64 bits per heavy atom. The van der Waals surface area contributed by atoms with Crippen molar-refractivity contribution in [2.75, 3.05) is 7.11 Å². The fourth-order valence-corrected chi connectivity index (χ4v) is 1.30. The Hall–Kier alpha value is -2.04. The SMILES string of the molecule is COC(=O)c1cnc2n(O)cccc1-2. The molecular formula is C9H8N2O3. The number of methoxy groups -OCH3 is 1. The molecule has 0 spiro atoms. The standard InChI is InChI=1S/C9H8N2O3/c1-14-9(12)7-5-10-8-6(7)3-2-4-11(8)13/h2-5,13H,1H3. The van der Waals surface area contributed by atoms with Gasteiger partial charge in [0.2, 0.25) is 0 Å². The monoisotopic (exact) mass is 192 g/mol. The Morgan fingerprint density at radius 2 is 2.43 bits per heavy atom. The molecule has 0 bridgehead atoms. The molecule has 14 heavy (non-hydrogen) atoms. The summed E-state index contributed by atoms with van der Waals surface area (Å²) < 4.78 is 5.44. The summed E-state index contributed by atoms with van der Waals surface area (Å²) in [6.45, 7) is 0. The molecule has 2 heterocycles. The number of aromatic nitrogens is 2. The van der Waals surface area contributed by atoms with Crippen LogP contribution >= 0.6 is 0 Å². The number of ether oxygens (including phenoxy) is 1. The summed E-state index contributed by atoms with van der Waals surface area (Å²) in [7, 11) is 1.30. The fraction of sp³-hybridized carbons (Fsp3) is 0.111. The first kappa shape index (κ1) is 8.55. The average Bonchev–Trinajstić information content (AvgIpc) is 2.62. The summed E-state index contributed by atoms with van der Waals surface area (Å²) in [5, 5.41) is 9.34. The first-order valence-electron chi connectivity index (χ1n) is 3.97. The van der Waals surface area contributed by atoms with Crippen LogP contribution in [0.5, 0.6) is 0 Å². The number of pyridine rings is 1. The van der Waals surface area contributed by atoms with Crippen molar-refractivity contribution in [3.63, 3.8) is 0 Å². The van der Waals surface area contributed by atoms with Gasteiger partial charge in [-0.1, -0.05) is 0 Å². The molecule has 0 atom stereocenters. The van der Waals surface area contributed by atoms with Gasteiger partial charge >= 0.3 is 5.97 Å². The van der Waals surface area contributed by atoms with E-state index in [0.29, 0.717) is 17.0 Å². The summed E-state index contributed by atoms with van der Waals surface area (Å²) in [6.07, 6.45) is 2.82. The second-order valence-electron chi connectivity index (χ2n) is 2.75. The van der Waals surface area contributed by atoms with Gasteiger partial charge in [0.15, 0.2) is 5.82 Å². The first-order chi connectivity index (χ1) is 6.74. The lowest BCUT2D eigenvalue weighted by molar-refractivity contribution is 0.0602. The number of hydrogen-bond acceptors (Lipinski definition) is 4. The maximum atomic E-state index is 11.2. The van der Waals surface area contributed by atoms with Crippen LogP contribution in [0.15, 0.2) is 24.5 Å². The van der Waals surface area contributed by atoms with Gasteiger partial charge in [-0.25, -0.2) is 9.78 Å². The Bertz CT molecular complexity index is 450. The largest absolute Gasteiger partial charge is 0.465 e. The zero-order valence-electron chi connectivity index (χ0n) is 7.47. The van der Waals surface area contributed by atoms with Crippen molar-refractivity contribution < 1.29 is 14.7 Å². The van der Waals surface area contributed by atoms with Gasteiger partial charge < -0.3 is 9.94 Å². The average molecular weight is 192 g/mol. The topological polar surface area (TPSA) is 64.3 Å². The van der Waals surface area contributed by atoms with Gasteiger partial charge in [-0.15, -0.1) is 0 Å². The molecule has 2 aliphatic heterocycles. The van der Waals surface area contributed by atoms with Crippen LogP contribution in [0.4, 0.5) is 0 Å². The molecule has 0 aliphatic carbocycles. The molecule has 0 fully saturated rings. The first-order valence-corrected chi connectivity index (χ1v) is 3.97. The zero-order chi connectivity index (χ0) is 10.1. The molecule has 0 aromatic carbocycles. The minimum Gasteiger partial charge on any atom is -0.465 e. The second kappa shape index (κ2) is 3.02. The van der Waals surface area contributed by atoms with Gasteiger partial charge in [0.1, 0.15) is 0 Å². The maximum absolute atomic E-state index is 11.2. The molecule has 0 aromatic rings. The Morgan fingerprint density at radius 3 is 3.14 bits per heavy atom. The van der Waals surface area contributed by atoms with Crippen molar-refractivity contribution in [3.8, 4) is 11.4 Å². The highest BCUT2D eigenvalue weighted by molar-refractivity contribution is 5.96. The van der Waals surface area contributed by atoms with E-state index in [2.05, 4.69) is 9.72 Å². The smallest absolute Gasteiger partial charge is 0.340 e. The fourth-order valence-electron chi connectivity index (χ4n) is 1.30. The summed E-state index contributed by atoms with van der Waals surface area (Å²) in [5.41, 5.74) is 0.924. The van der Waals surface area contributed by atoms with E-state index in [9.17, 15) is 10.0 Å². The van der Waals surface area contributed by atoms with Crippen molar-refractivity contribution in [1.82, 2.24) is 9.71 Å². The molecular weight excluding hydrogens is 184 g/mol. The third kappa shape index (κ3) is 1.10. The molecule has 2 rings (SSSR count). The van der Waals surface area contributed by atoms with Crippen LogP contribution in [0, 0.1) is 0 Å². The van der Waals surface area contributed by atoms with Crippen LogP contribution in [0.25, 0.3) is 11.4 Å². The molecule has 0 amide bonds. The summed E-state index contributed by atoms with van der Waals surface area (Å²) in [6, 6.07) is 3.32. The van der Waals surface area contributed by atoms with E-state index in [1.807, 2.05) is 0 Å². The van der Waals surface area contributed by atoms with E-state index in [4.69, 9.17) is 0 Å². The van der Waals surface area contributed by atoms with E-state index >= 15 is 0 Å². The van der Waals surface area contributed by atoms with Crippen molar-refractivity contribution in [2.45, 2.75) is 0 Å². The lowest BCUT2D eigenvalue weighted by Crippen LogP contribution is -2.03. The van der Waals surface area contributed by atoms with Gasteiger partial charge in [0.25, 0.3) is 0 Å². The molecule has 5 heteroatoms. The number of fused-ring (bicyclic) bond motifs is 1. The van der Waals surface area contributed by atoms with E-state index < -0.39 is 5.97 Å². The van der Waals surface area contributed by atoms with Crippen molar-refractivity contribution in [1.29, 1.82) is 0 Å². The molecule has 1 N–H and O–H groups in total.